The smallest absolute Gasteiger partial charge is 0.413 e. The Kier molecular flexibility index (Phi) is 10.0. The quantitative estimate of drug-likeness (QED) is 0.131. The molecule has 3 rings (SSSR count). The summed E-state index contributed by atoms with van der Waals surface area (Å²) < 4.78 is 100. The van der Waals surface area contributed by atoms with Crippen LogP contribution in [0.15, 0.2) is 65.8 Å². The van der Waals surface area contributed by atoms with E-state index < -0.39 is 66.5 Å². The molecule has 1 heterocycles. The van der Waals surface area contributed by atoms with Gasteiger partial charge in [-0.05, 0) is 23.2 Å². The predicted molar refractivity (Wildman–Crippen MR) is 120 cm³/mol. The first-order valence-corrected chi connectivity index (χ1v) is 12.2. The molecule has 2 aromatic rings. The van der Waals surface area contributed by atoms with Gasteiger partial charge in [-0.15, -0.1) is 0 Å². The fourth-order valence-electron chi connectivity index (χ4n) is 3.39. The molecule has 38 heavy (non-hydrogen) atoms. The number of hydrogen-bond donors (Lipinski definition) is 0. The number of carbonyl (C=O) groups is 1. The van der Waals surface area contributed by atoms with E-state index in [0.29, 0.717) is 5.56 Å². The fourth-order valence-corrected chi connectivity index (χ4v) is 4.03. The van der Waals surface area contributed by atoms with Gasteiger partial charge in [0.15, 0.2) is 6.61 Å². The van der Waals surface area contributed by atoms with Crippen molar-refractivity contribution in [1.82, 2.24) is 0 Å². The second-order valence-electron chi connectivity index (χ2n) is 7.79. The highest BCUT2D eigenvalue weighted by atomic mass is 32.3. The third kappa shape index (κ3) is 8.65. The Labute approximate surface area is 214 Å². The fraction of sp³-hybridized carbons (Fsp3) is 0.409. The zero-order chi connectivity index (χ0) is 27.8. The second kappa shape index (κ2) is 13.0. The van der Waals surface area contributed by atoms with Crippen LogP contribution in [0.5, 0.6) is 0 Å². The molecule has 0 spiro atoms. The highest BCUT2D eigenvalue weighted by Gasteiger charge is 2.50. The number of ether oxygens (including phenoxy) is 3. The molecular weight excluding hydrogens is 542 g/mol. The summed E-state index contributed by atoms with van der Waals surface area (Å²) in [5.74, 6) is -0.947. The first kappa shape index (κ1) is 29.3. The van der Waals surface area contributed by atoms with Gasteiger partial charge in [0.2, 0.25) is 6.36 Å². The number of esters is 1. The Morgan fingerprint density at radius 3 is 2.26 bits per heavy atom. The molecule has 0 amide bonds. The van der Waals surface area contributed by atoms with Crippen molar-refractivity contribution in [2.75, 3.05) is 13.2 Å². The lowest BCUT2D eigenvalue weighted by molar-refractivity contribution is -0.236. The molecule has 16 heteroatoms. The summed E-state index contributed by atoms with van der Waals surface area (Å²) in [6.07, 6.45) is -12.2. The van der Waals surface area contributed by atoms with Crippen molar-refractivity contribution < 1.29 is 53.4 Å². The molecule has 1 aliphatic heterocycles. The van der Waals surface area contributed by atoms with E-state index in [1.165, 1.54) is 24.3 Å². The molecule has 0 saturated carbocycles. The maximum absolute atomic E-state index is 14.9. The van der Waals surface area contributed by atoms with Crippen molar-refractivity contribution in [1.29, 1.82) is 0 Å². The maximum Gasteiger partial charge on any atom is 0.413 e. The van der Waals surface area contributed by atoms with E-state index in [4.69, 9.17) is 19.7 Å². The number of rotatable bonds is 11. The van der Waals surface area contributed by atoms with E-state index in [0.717, 1.165) is 0 Å². The van der Waals surface area contributed by atoms with Crippen LogP contribution in [0.3, 0.4) is 0 Å². The van der Waals surface area contributed by atoms with Gasteiger partial charge in [0.1, 0.15) is 24.4 Å². The van der Waals surface area contributed by atoms with Crippen molar-refractivity contribution in [2.24, 2.45) is 5.11 Å². The van der Waals surface area contributed by atoms with Gasteiger partial charge in [0.05, 0.1) is 18.8 Å². The normalized spacial score (nSPS) is 23.8. The van der Waals surface area contributed by atoms with E-state index in [9.17, 15) is 30.8 Å². The molecule has 1 fully saturated rings. The van der Waals surface area contributed by atoms with Crippen LogP contribution in [0, 0.1) is 0 Å². The minimum absolute atomic E-state index is 0.0619. The molecule has 0 aliphatic carbocycles. The van der Waals surface area contributed by atoms with Gasteiger partial charge in [-0.3, -0.25) is 0 Å². The van der Waals surface area contributed by atoms with Gasteiger partial charge >= 0.3 is 22.5 Å². The number of carbonyl (C=O) groups excluding carboxylic acids is 1. The maximum atomic E-state index is 14.9. The molecular formula is C22H21F4N3O8S. The van der Waals surface area contributed by atoms with Crippen molar-refractivity contribution >= 4 is 16.4 Å². The summed E-state index contributed by atoms with van der Waals surface area (Å²) in [4.78, 5) is 15.3. The highest BCUT2D eigenvalue weighted by Crippen LogP contribution is 2.31. The van der Waals surface area contributed by atoms with Crippen molar-refractivity contribution in [3.63, 3.8) is 0 Å². The third-order valence-corrected chi connectivity index (χ3v) is 5.90. The molecule has 0 aromatic heterocycles. The Morgan fingerprint density at radius 1 is 1.03 bits per heavy atom. The van der Waals surface area contributed by atoms with E-state index in [2.05, 4.69) is 18.4 Å². The highest BCUT2D eigenvalue weighted by molar-refractivity contribution is 7.81. The van der Waals surface area contributed by atoms with Gasteiger partial charge in [-0.1, -0.05) is 53.6 Å². The van der Waals surface area contributed by atoms with Gasteiger partial charge in [-0.25, -0.2) is 17.6 Å². The van der Waals surface area contributed by atoms with Gasteiger partial charge in [-0.2, -0.15) is 21.6 Å². The lowest BCUT2D eigenvalue weighted by atomic mass is 9.97. The average molecular weight is 563 g/mol. The Morgan fingerprint density at radius 2 is 1.66 bits per heavy atom. The van der Waals surface area contributed by atoms with Crippen molar-refractivity contribution in [3.05, 3.63) is 82.2 Å². The lowest BCUT2D eigenvalue weighted by Gasteiger charge is -2.41. The number of nitrogens with zero attached hydrogens (tertiary/aromatic N) is 3. The first-order chi connectivity index (χ1) is 18.0. The molecule has 0 bridgehead atoms. The van der Waals surface area contributed by atoms with Gasteiger partial charge in [0.25, 0.3) is 0 Å². The first-order valence-electron chi connectivity index (χ1n) is 10.8. The minimum atomic E-state index is -5.20. The standard InChI is InChI=1S/C22H21F4N3O8S/c23-20-17(28-29-27)19(37-21(30)15-9-5-2-6-10-15)18(33-11-14-7-3-1-4-8-14)16(36-20)12-34-38(31,32)35-13-22(24,25)26/h1-10,16-20H,11-13H2/t16-,17-,18+,19-,20?/m1/s1. The second-order valence-corrected chi connectivity index (χ2v) is 9.08. The van der Waals surface area contributed by atoms with E-state index in [1.807, 2.05) is 0 Å². The van der Waals surface area contributed by atoms with Crippen LogP contribution in [-0.4, -0.2) is 64.5 Å². The zero-order valence-corrected chi connectivity index (χ0v) is 20.1. The Balaban J connectivity index is 1.87. The molecule has 0 radical (unpaired) electrons. The molecule has 1 unspecified atom stereocenters. The van der Waals surface area contributed by atoms with Crippen LogP contribution in [0.2, 0.25) is 0 Å². The summed E-state index contributed by atoms with van der Waals surface area (Å²) >= 11 is 0. The Hall–Kier alpha value is -3.27. The molecule has 1 aliphatic rings. The number of azide groups is 1. The monoisotopic (exact) mass is 563 g/mol. The van der Waals surface area contributed by atoms with Crippen LogP contribution in [-0.2, 0) is 39.6 Å². The molecule has 5 atom stereocenters. The molecule has 11 nitrogen and oxygen atoms in total. The summed E-state index contributed by atoms with van der Waals surface area (Å²) in [5.41, 5.74) is 9.61. The number of hydrogen-bond acceptors (Lipinski definition) is 9. The van der Waals surface area contributed by atoms with Gasteiger partial charge in [0, 0.05) is 4.91 Å². The number of alkyl halides is 4. The Bertz CT molecular complexity index is 1210. The van der Waals surface area contributed by atoms with Crippen LogP contribution in [0.1, 0.15) is 15.9 Å². The molecule has 2 aromatic carbocycles. The molecule has 1 saturated heterocycles. The topological polar surface area (TPSA) is 146 Å². The minimum Gasteiger partial charge on any atom is -0.455 e. The summed E-state index contributed by atoms with van der Waals surface area (Å²) in [5, 5.41) is 3.31. The van der Waals surface area contributed by atoms with Crippen LogP contribution in [0.25, 0.3) is 10.4 Å². The van der Waals surface area contributed by atoms with Crippen molar-refractivity contribution in [3.8, 4) is 0 Å². The van der Waals surface area contributed by atoms with E-state index in [-0.39, 0.29) is 12.2 Å². The van der Waals surface area contributed by atoms with Crippen LogP contribution < -0.4 is 0 Å². The van der Waals surface area contributed by atoms with E-state index >= 15 is 0 Å². The van der Waals surface area contributed by atoms with Crippen LogP contribution in [0.4, 0.5) is 17.6 Å². The number of halogens is 4. The summed E-state index contributed by atoms with van der Waals surface area (Å²) in [6.45, 7) is -3.42. The molecule has 0 N–H and O–H groups in total. The van der Waals surface area contributed by atoms with Crippen LogP contribution >= 0.6 is 0 Å². The zero-order valence-electron chi connectivity index (χ0n) is 19.3. The van der Waals surface area contributed by atoms with Crippen molar-refractivity contribution in [2.45, 2.75) is 43.5 Å². The third-order valence-electron chi connectivity index (χ3n) is 5.07. The molecule has 206 valence electrons. The SMILES string of the molecule is [N-]=[N+]=N[C@H]1C(F)O[C@H](COS(=O)(=O)OCC(F)(F)F)[C@H](OCc2ccccc2)[C@@H]1OC(=O)c1ccccc1. The van der Waals surface area contributed by atoms with Gasteiger partial charge < -0.3 is 14.2 Å². The lowest BCUT2D eigenvalue weighted by Crippen LogP contribution is -2.59. The predicted octanol–water partition coefficient (Wildman–Crippen LogP) is 4.01. The summed E-state index contributed by atoms with van der Waals surface area (Å²) in [7, 11) is -5.20. The summed E-state index contributed by atoms with van der Waals surface area (Å²) in [6, 6.07) is 14.2. The van der Waals surface area contributed by atoms with E-state index in [1.54, 1.807) is 36.4 Å². The largest absolute Gasteiger partial charge is 0.455 e. The number of benzene rings is 2. The average Bonchev–Trinajstić information content (AvgIpc) is 2.88.